The molecule has 0 aliphatic heterocycles. The second-order valence-electron chi connectivity index (χ2n) is 7.57. The lowest BCUT2D eigenvalue weighted by molar-refractivity contribution is 0.247. The molecule has 0 radical (unpaired) electrons. The van der Waals surface area contributed by atoms with Crippen LogP contribution in [-0.2, 0) is 11.8 Å². The van der Waals surface area contributed by atoms with Crippen LogP contribution in [0.1, 0.15) is 56.3 Å². The van der Waals surface area contributed by atoms with Crippen molar-refractivity contribution in [3.8, 4) is 0 Å². The Morgan fingerprint density at radius 3 is 2.46 bits per heavy atom. The number of carbonyl (C=O) groups excluding carboxylic acids is 1. The molecule has 0 unspecified atom stereocenters. The van der Waals surface area contributed by atoms with E-state index in [2.05, 4.69) is 61.7 Å². The van der Waals surface area contributed by atoms with Gasteiger partial charge in [0, 0.05) is 5.69 Å². The summed E-state index contributed by atoms with van der Waals surface area (Å²) in [5, 5.41) is 6.07. The molecule has 2 N–H and O–H groups in total. The number of urea groups is 1. The monoisotopic (exact) mass is 322 g/mol. The van der Waals surface area contributed by atoms with Crippen molar-refractivity contribution in [2.75, 3.05) is 5.32 Å². The molecule has 0 heterocycles. The summed E-state index contributed by atoms with van der Waals surface area (Å²) in [7, 11) is 0. The van der Waals surface area contributed by atoms with Crippen LogP contribution in [0.25, 0.3) is 0 Å². The van der Waals surface area contributed by atoms with E-state index < -0.39 is 0 Å². The number of anilines is 1. The number of hydrogen-bond donors (Lipinski definition) is 2. The summed E-state index contributed by atoms with van der Waals surface area (Å²) in [5.41, 5.74) is 4.80. The van der Waals surface area contributed by atoms with E-state index >= 15 is 0 Å². The molecule has 0 saturated heterocycles. The third-order valence-corrected chi connectivity index (χ3v) is 4.68. The molecular weight excluding hydrogens is 296 g/mol. The van der Waals surface area contributed by atoms with Crippen molar-refractivity contribution in [2.24, 2.45) is 0 Å². The SMILES string of the molecule is CC(C)(C)c1ccc(NC(=O)N[C@@H]2CCCc3ccccc32)cc1. The van der Waals surface area contributed by atoms with E-state index in [0.717, 1.165) is 24.9 Å². The third kappa shape index (κ3) is 3.78. The minimum atomic E-state index is -0.139. The van der Waals surface area contributed by atoms with Crippen LogP contribution in [-0.4, -0.2) is 6.03 Å². The van der Waals surface area contributed by atoms with E-state index in [9.17, 15) is 4.79 Å². The summed E-state index contributed by atoms with van der Waals surface area (Å²) >= 11 is 0. The van der Waals surface area contributed by atoms with Crippen molar-refractivity contribution in [2.45, 2.75) is 51.5 Å². The van der Waals surface area contributed by atoms with Gasteiger partial charge in [0.25, 0.3) is 0 Å². The average molecular weight is 322 g/mol. The lowest BCUT2D eigenvalue weighted by Crippen LogP contribution is -2.34. The number of rotatable bonds is 2. The Morgan fingerprint density at radius 2 is 1.75 bits per heavy atom. The summed E-state index contributed by atoms with van der Waals surface area (Å²) in [6, 6.07) is 16.4. The quantitative estimate of drug-likeness (QED) is 0.785. The Hall–Kier alpha value is -2.29. The van der Waals surface area contributed by atoms with Crippen LogP contribution in [0.3, 0.4) is 0 Å². The highest BCUT2D eigenvalue weighted by molar-refractivity contribution is 5.89. The lowest BCUT2D eigenvalue weighted by atomic mass is 9.87. The number of aryl methyl sites for hydroxylation is 1. The molecule has 3 heteroatoms. The summed E-state index contributed by atoms with van der Waals surface area (Å²) in [6.45, 7) is 6.55. The molecule has 1 aliphatic carbocycles. The van der Waals surface area contributed by atoms with Crippen molar-refractivity contribution in [3.05, 3.63) is 65.2 Å². The molecule has 3 rings (SSSR count). The standard InChI is InChI=1S/C21H26N2O/c1-21(2,3)16-11-13-17(14-12-16)22-20(24)23-19-10-6-8-15-7-4-5-9-18(15)19/h4-5,7,9,11-14,19H,6,8,10H2,1-3H3,(H2,22,23,24)/t19-/m1/s1. The minimum Gasteiger partial charge on any atom is -0.331 e. The van der Waals surface area contributed by atoms with Crippen molar-refractivity contribution < 1.29 is 4.79 Å². The van der Waals surface area contributed by atoms with E-state index in [1.165, 1.54) is 16.7 Å². The van der Waals surface area contributed by atoms with E-state index in [0.29, 0.717) is 0 Å². The van der Waals surface area contributed by atoms with Gasteiger partial charge in [0.2, 0.25) is 0 Å². The summed E-state index contributed by atoms with van der Waals surface area (Å²) < 4.78 is 0. The number of carbonyl (C=O) groups is 1. The fourth-order valence-electron chi connectivity index (χ4n) is 3.28. The molecule has 2 amide bonds. The highest BCUT2D eigenvalue weighted by Crippen LogP contribution is 2.29. The number of benzene rings is 2. The second kappa shape index (κ2) is 6.68. The van der Waals surface area contributed by atoms with Gasteiger partial charge < -0.3 is 10.6 Å². The molecule has 1 aliphatic rings. The van der Waals surface area contributed by atoms with Gasteiger partial charge in [0.05, 0.1) is 6.04 Å². The fourth-order valence-corrected chi connectivity index (χ4v) is 3.28. The first-order chi connectivity index (χ1) is 11.4. The number of fused-ring (bicyclic) bond motifs is 1. The fraction of sp³-hybridized carbons (Fsp3) is 0.381. The smallest absolute Gasteiger partial charge is 0.319 e. The van der Waals surface area contributed by atoms with E-state index in [4.69, 9.17) is 0 Å². The van der Waals surface area contributed by atoms with Crippen molar-refractivity contribution in [1.29, 1.82) is 0 Å². The molecular formula is C21H26N2O. The molecule has 0 aromatic heterocycles. The molecule has 0 bridgehead atoms. The maximum absolute atomic E-state index is 12.4. The van der Waals surface area contributed by atoms with Gasteiger partial charge >= 0.3 is 6.03 Å². The molecule has 0 saturated carbocycles. The third-order valence-electron chi connectivity index (χ3n) is 4.68. The molecule has 2 aromatic carbocycles. The van der Waals surface area contributed by atoms with Crippen LogP contribution >= 0.6 is 0 Å². The average Bonchev–Trinajstić information content (AvgIpc) is 2.55. The zero-order chi connectivity index (χ0) is 17.2. The van der Waals surface area contributed by atoms with E-state index in [1.807, 2.05) is 18.2 Å². The van der Waals surface area contributed by atoms with Crippen molar-refractivity contribution in [1.82, 2.24) is 5.32 Å². The van der Waals surface area contributed by atoms with Crippen LogP contribution in [0, 0.1) is 0 Å². The van der Waals surface area contributed by atoms with Gasteiger partial charge in [-0.05, 0) is 53.5 Å². The number of amides is 2. The van der Waals surface area contributed by atoms with Crippen LogP contribution in [0.4, 0.5) is 10.5 Å². The van der Waals surface area contributed by atoms with Crippen molar-refractivity contribution >= 4 is 11.7 Å². The summed E-state index contributed by atoms with van der Waals surface area (Å²) in [5.74, 6) is 0. The van der Waals surface area contributed by atoms with E-state index in [-0.39, 0.29) is 17.5 Å². The molecule has 24 heavy (non-hydrogen) atoms. The summed E-state index contributed by atoms with van der Waals surface area (Å²) in [4.78, 5) is 12.4. The van der Waals surface area contributed by atoms with Gasteiger partial charge in [-0.3, -0.25) is 0 Å². The van der Waals surface area contributed by atoms with Gasteiger partial charge in [0.15, 0.2) is 0 Å². The van der Waals surface area contributed by atoms with Crippen LogP contribution in [0.5, 0.6) is 0 Å². The first kappa shape index (κ1) is 16.6. The van der Waals surface area contributed by atoms with Gasteiger partial charge in [-0.15, -0.1) is 0 Å². The Bertz CT molecular complexity index is 713. The zero-order valence-electron chi connectivity index (χ0n) is 14.7. The number of nitrogens with one attached hydrogen (secondary N) is 2. The van der Waals surface area contributed by atoms with Crippen LogP contribution < -0.4 is 10.6 Å². The Balaban J connectivity index is 1.64. The molecule has 3 nitrogen and oxygen atoms in total. The predicted molar refractivity (Wildman–Crippen MR) is 99.4 cm³/mol. The highest BCUT2D eigenvalue weighted by Gasteiger charge is 2.21. The van der Waals surface area contributed by atoms with Gasteiger partial charge in [-0.1, -0.05) is 57.2 Å². The second-order valence-corrected chi connectivity index (χ2v) is 7.57. The highest BCUT2D eigenvalue weighted by atomic mass is 16.2. The Labute approximate surface area is 144 Å². The topological polar surface area (TPSA) is 41.1 Å². The maximum atomic E-state index is 12.4. The van der Waals surface area contributed by atoms with Gasteiger partial charge in [0.1, 0.15) is 0 Å². The molecule has 1 atom stereocenters. The largest absolute Gasteiger partial charge is 0.331 e. The van der Waals surface area contributed by atoms with Crippen LogP contribution in [0.2, 0.25) is 0 Å². The molecule has 0 spiro atoms. The zero-order valence-corrected chi connectivity index (χ0v) is 14.7. The number of hydrogen-bond acceptors (Lipinski definition) is 1. The lowest BCUT2D eigenvalue weighted by Gasteiger charge is -2.26. The first-order valence-electron chi connectivity index (χ1n) is 8.69. The Kier molecular flexibility index (Phi) is 4.61. The molecule has 126 valence electrons. The normalized spacial score (nSPS) is 17.0. The predicted octanol–water partition coefficient (Wildman–Crippen LogP) is 5.18. The minimum absolute atomic E-state index is 0.101. The van der Waals surface area contributed by atoms with Crippen molar-refractivity contribution in [3.63, 3.8) is 0 Å². The maximum Gasteiger partial charge on any atom is 0.319 e. The Morgan fingerprint density at radius 1 is 1.04 bits per heavy atom. The molecule has 0 fully saturated rings. The van der Waals surface area contributed by atoms with Gasteiger partial charge in [-0.2, -0.15) is 0 Å². The van der Waals surface area contributed by atoms with Crippen LogP contribution in [0.15, 0.2) is 48.5 Å². The first-order valence-corrected chi connectivity index (χ1v) is 8.69. The van der Waals surface area contributed by atoms with E-state index in [1.54, 1.807) is 0 Å². The molecule has 2 aromatic rings. The van der Waals surface area contributed by atoms with Gasteiger partial charge in [-0.25, -0.2) is 4.79 Å². The summed E-state index contributed by atoms with van der Waals surface area (Å²) in [6.07, 6.45) is 3.21.